The van der Waals surface area contributed by atoms with Crippen LogP contribution in [0.2, 0.25) is 0 Å². The number of hydrogen-bond acceptors (Lipinski definition) is 6. The summed E-state index contributed by atoms with van der Waals surface area (Å²) in [5.74, 6) is 0.535. The Labute approximate surface area is 212 Å². The lowest BCUT2D eigenvalue weighted by molar-refractivity contribution is -0.134. The second-order valence-electron chi connectivity index (χ2n) is 9.35. The Morgan fingerprint density at radius 1 is 1.00 bits per heavy atom. The molecule has 0 saturated carbocycles. The number of aromatic nitrogens is 1. The lowest BCUT2D eigenvalue weighted by Crippen LogP contribution is -2.49. The van der Waals surface area contributed by atoms with E-state index in [2.05, 4.69) is 32.7 Å². The van der Waals surface area contributed by atoms with Gasteiger partial charge in [0.25, 0.3) is 0 Å². The van der Waals surface area contributed by atoms with E-state index in [0.717, 1.165) is 54.4 Å². The standard InChI is InChI=1S/C28H34N6O2/c1-20(2)28(36)34-14-12-33(13-15-34)24-10-8-23(9-11-24)32-27-17-25(22(19-31-27)16-26(29)35)30-18-21-6-4-3-5-7-21/h3-11,17,19-20H,12-16,18H2,1-2H3,(H2,29,35)(H2,30,31,32). The molecule has 36 heavy (non-hydrogen) atoms. The van der Waals surface area contributed by atoms with Crippen molar-refractivity contribution < 1.29 is 9.59 Å². The molecule has 4 rings (SSSR count). The molecule has 1 fully saturated rings. The van der Waals surface area contributed by atoms with E-state index in [9.17, 15) is 9.59 Å². The van der Waals surface area contributed by atoms with Crippen LogP contribution in [0.5, 0.6) is 0 Å². The zero-order valence-electron chi connectivity index (χ0n) is 20.9. The first-order valence-electron chi connectivity index (χ1n) is 12.3. The van der Waals surface area contributed by atoms with Crippen molar-refractivity contribution in [2.75, 3.05) is 41.7 Å². The van der Waals surface area contributed by atoms with Gasteiger partial charge in [-0.25, -0.2) is 4.98 Å². The molecule has 0 aliphatic carbocycles. The Kier molecular flexibility index (Phi) is 8.05. The van der Waals surface area contributed by atoms with Gasteiger partial charge in [0, 0.05) is 73.5 Å². The molecule has 2 aromatic carbocycles. The van der Waals surface area contributed by atoms with Gasteiger partial charge in [0.15, 0.2) is 0 Å². The predicted octanol–water partition coefficient (Wildman–Crippen LogP) is 3.77. The van der Waals surface area contributed by atoms with Crippen LogP contribution < -0.4 is 21.3 Å². The smallest absolute Gasteiger partial charge is 0.225 e. The number of carbonyl (C=O) groups excluding carboxylic acids is 2. The van der Waals surface area contributed by atoms with E-state index >= 15 is 0 Å². The highest BCUT2D eigenvalue weighted by molar-refractivity contribution is 5.79. The number of carbonyl (C=O) groups is 2. The molecule has 4 N–H and O–H groups in total. The molecule has 8 nitrogen and oxygen atoms in total. The molecule has 1 saturated heterocycles. The molecule has 1 aromatic heterocycles. The number of rotatable bonds is 9. The third-order valence-electron chi connectivity index (χ3n) is 6.27. The third-order valence-corrected chi connectivity index (χ3v) is 6.27. The highest BCUT2D eigenvalue weighted by Gasteiger charge is 2.22. The first kappa shape index (κ1) is 25.0. The maximum Gasteiger partial charge on any atom is 0.225 e. The van der Waals surface area contributed by atoms with Crippen LogP contribution in [0.1, 0.15) is 25.0 Å². The van der Waals surface area contributed by atoms with Crippen LogP contribution >= 0.6 is 0 Å². The van der Waals surface area contributed by atoms with E-state index in [1.165, 1.54) is 0 Å². The third kappa shape index (κ3) is 6.53. The molecule has 8 heteroatoms. The van der Waals surface area contributed by atoms with Gasteiger partial charge < -0.3 is 26.2 Å². The van der Waals surface area contributed by atoms with Crippen LogP contribution in [-0.4, -0.2) is 47.9 Å². The zero-order chi connectivity index (χ0) is 25.5. The van der Waals surface area contributed by atoms with Gasteiger partial charge in [0.2, 0.25) is 11.8 Å². The zero-order valence-corrected chi connectivity index (χ0v) is 20.9. The van der Waals surface area contributed by atoms with Gasteiger partial charge in [-0.05, 0) is 29.8 Å². The number of amides is 2. The molecule has 1 aliphatic heterocycles. The second-order valence-corrected chi connectivity index (χ2v) is 9.35. The van der Waals surface area contributed by atoms with Gasteiger partial charge in [-0.1, -0.05) is 44.2 Å². The van der Waals surface area contributed by atoms with Gasteiger partial charge in [0.1, 0.15) is 5.82 Å². The quantitative estimate of drug-likeness (QED) is 0.425. The predicted molar refractivity (Wildman–Crippen MR) is 144 cm³/mol. The number of benzene rings is 2. The summed E-state index contributed by atoms with van der Waals surface area (Å²) in [6.45, 7) is 7.66. The summed E-state index contributed by atoms with van der Waals surface area (Å²) in [6, 6.07) is 20.2. The van der Waals surface area contributed by atoms with Gasteiger partial charge in [-0.15, -0.1) is 0 Å². The van der Waals surface area contributed by atoms with Gasteiger partial charge >= 0.3 is 0 Å². The lowest BCUT2D eigenvalue weighted by atomic mass is 10.1. The SMILES string of the molecule is CC(C)C(=O)N1CCN(c2ccc(Nc3cc(NCc4ccccc4)c(CC(N)=O)cn3)cc2)CC1. The fraction of sp³-hybridized carbons (Fsp3) is 0.321. The molecule has 188 valence electrons. The number of pyridine rings is 1. The van der Waals surface area contributed by atoms with Crippen LogP contribution in [0.3, 0.4) is 0 Å². The average Bonchev–Trinajstić information content (AvgIpc) is 2.89. The van der Waals surface area contributed by atoms with Crippen LogP contribution in [0.4, 0.5) is 22.9 Å². The molecule has 0 bridgehead atoms. The molecule has 0 spiro atoms. The van der Waals surface area contributed by atoms with E-state index in [0.29, 0.717) is 12.4 Å². The fourth-order valence-electron chi connectivity index (χ4n) is 4.29. The topological polar surface area (TPSA) is 104 Å². The number of hydrogen-bond donors (Lipinski definition) is 3. The molecule has 0 radical (unpaired) electrons. The maximum absolute atomic E-state index is 12.2. The number of nitrogens with one attached hydrogen (secondary N) is 2. The van der Waals surface area contributed by atoms with Crippen LogP contribution in [-0.2, 0) is 22.6 Å². The van der Waals surface area contributed by atoms with Crippen molar-refractivity contribution in [3.05, 3.63) is 78.0 Å². The Balaban J connectivity index is 1.40. The van der Waals surface area contributed by atoms with Crippen molar-refractivity contribution >= 4 is 34.7 Å². The molecule has 1 aliphatic rings. The van der Waals surface area contributed by atoms with Crippen LogP contribution in [0, 0.1) is 5.92 Å². The first-order chi connectivity index (χ1) is 17.4. The van der Waals surface area contributed by atoms with Crippen molar-refractivity contribution in [3.8, 4) is 0 Å². The normalized spacial score (nSPS) is 13.5. The van der Waals surface area contributed by atoms with Gasteiger partial charge in [-0.2, -0.15) is 0 Å². The molecule has 2 amide bonds. The molecule has 3 aromatic rings. The Morgan fingerprint density at radius 2 is 1.69 bits per heavy atom. The van der Waals surface area contributed by atoms with Gasteiger partial charge in [-0.3, -0.25) is 9.59 Å². The van der Waals surface area contributed by atoms with Crippen molar-refractivity contribution in [1.82, 2.24) is 9.88 Å². The fourth-order valence-corrected chi connectivity index (χ4v) is 4.29. The van der Waals surface area contributed by atoms with E-state index < -0.39 is 5.91 Å². The minimum absolute atomic E-state index is 0.0365. The highest BCUT2D eigenvalue weighted by Crippen LogP contribution is 2.25. The number of primary amides is 1. The number of anilines is 4. The summed E-state index contributed by atoms with van der Waals surface area (Å²) in [7, 11) is 0. The summed E-state index contributed by atoms with van der Waals surface area (Å²) in [5, 5.41) is 6.76. The van der Waals surface area contributed by atoms with E-state index in [4.69, 9.17) is 5.73 Å². The highest BCUT2D eigenvalue weighted by atomic mass is 16.2. The summed E-state index contributed by atoms with van der Waals surface area (Å²) in [4.78, 5) is 32.5. The van der Waals surface area contributed by atoms with Gasteiger partial charge in [0.05, 0.1) is 6.42 Å². The van der Waals surface area contributed by atoms with E-state index in [1.54, 1.807) is 6.20 Å². The number of nitrogens with zero attached hydrogens (tertiary/aromatic N) is 3. The molecular weight excluding hydrogens is 452 g/mol. The molecule has 0 atom stereocenters. The maximum atomic E-state index is 12.2. The molecule has 0 unspecified atom stereocenters. The number of nitrogens with two attached hydrogens (primary N) is 1. The van der Waals surface area contributed by atoms with Crippen molar-refractivity contribution in [2.45, 2.75) is 26.8 Å². The molecule has 2 heterocycles. The van der Waals surface area contributed by atoms with Crippen LogP contribution in [0.15, 0.2) is 66.9 Å². The lowest BCUT2D eigenvalue weighted by Gasteiger charge is -2.37. The van der Waals surface area contributed by atoms with Crippen molar-refractivity contribution in [1.29, 1.82) is 0 Å². The Hall–Kier alpha value is -4.07. The van der Waals surface area contributed by atoms with E-state index in [-0.39, 0.29) is 18.2 Å². The Morgan fingerprint density at radius 3 is 2.33 bits per heavy atom. The second kappa shape index (κ2) is 11.6. The minimum atomic E-state index is -0.398. The summed E-state index contributed by atoms with van der Waals surface area (Å²) in [6.07, 6.45) is 1.81. The van der Waals surface area contributed by atoms with Crippen LogP contribution in [0.25, 0.3) is 0 Å². The van der Waals surface area contributed by atoms with Crippen molar-refractivity contribution in [3.63, 3.8) is 0 Å². The first-order valence-corrected chi connectivity index (χ1v) is 12.3. The summed E-state index contributed by atoms with van der Waals surface area (Å²) in [5.41, 5.74) is 10.2. The number of piperazine rings is 1. The largest absolute Gasteiger partial charge is 0.381 e. The van der Waals surface area contributed by atoms with Crippen molar-refractivity contribution in [2.24, 2.45) is 11.7 Å². The summed E-state index contributed by atoms with van der Waals surface area (Å²) < 4.78 is 0. The van der Waals surface area contributed by atoms with E-state index in [1.807, 2.05) is 67.3 Å². The minimum Gasteiger partial charge on any atom is -0.381 e. The summed E-state index contributed by atoms with van der Waals surface area (Å²) >= 11 is 0. The Bertz CT molecular complexity index is 1170. The monoisotopic (exact) mass is 486 g/mol. The molecular formula is C28H34N6O2. The average molecular weight is 487 g/mol.